The Labute approximate surface area is 365 Å². The first-order chi connectivity index (χ1) is 31.2. The predicted molar refractivity (Wildman–Crippen MR) is 262 cm³/mol. The smallest absolute Gasteiger partial charge is 0.160 e. The fraction of sp³-hybridized carbons (Fsp3) is 0. The number of para-hydroxylation sites is 2. The maximum Gasteiger partial charge on any atom is 0.160 e. The molecule has 4 nitrogen and oxygen atoms in total. The minimum Gasteiger partial charge on any atom is -0.309 e. The molecule has 12 rings (SSSR count). The largest absolute Gasteiger partial charge is 0.309 e. The third-order valence-electron chi connectivity index (χ3n) is 12.2. The molecule has 0 N–H and O–H groups in total. The summed E-state index contributed by atoms with van der Waals surface area (Å²) >= 11 is 0. The highest BCUT2D eigenvalue weighted by Gasteiger charge is 2.18. The molecule has 0 aliphatic carbocycles. The van der Waals surface area contributed by atoms with Crippen LogP contribution in [0, 0.1) is 0 Å². The van der Waals surface area contributed by atoms with E-state index in [-0.39, 0.29) is 0 Å². The summed E-state index contributed by atoms with van der Waals surface area (Å²) in [6, 6.07) is 81.4. The highest BCUT2D eigenvalue weighted by Crippen LogP contribution is 2.41. The second kappa shape index (κ2) is 15.2. The van der Waals surface area contributed by atoms with Crippen LogP contribution in [0.4, 0.5) is 0 Å². The zero-order chi connectivity index (χ0) is 41.7. The van der Waals surface area contributed by atoms with Crippen LogP contribution in [-0.2, 0) is 0 Å². The molecule has 0 radical (unpaired) electrons. The van der Waals surface area contributed by atoms with E-state index >= 15 is 0 Å². The Bertz CT molecular complexity index is 3580. The highest BCUT2D eigenvalue weighted by atomic mass is 15.0. The van der Waals surface area contributed by atoms with Crippen molar-refractivity contribution < 1.29 is 0 Å². The van der Waals surface area contributed by atoms with Gasteiger partial charge in [0.15, 0.2) is 5.82 Å². The molecule has 3 heterocycles. The minimum absolute atomic E-state index is 0.675. The van der Waals surface area contributed by atoms with Gasteiger partial charge in [-0.3, -0.25) is 0 Å². The van der Waals surface area contributed by atoms with Crippen molar-refractivity contribution in [3.05, 3.63) is 231 Å². The van der Waals surface area contributed by atoms with Crippen LogP contribution in [-0.4, -0.2) is 19.5 Å². The molecule has 0 spiro atoms. The molecule has 0 fully saturated rings. The standard InChI is InChI=1S/C59H38N4/c1-4-16-39(17-5-1)51-37-52(41-18-6-2-7-19-41)60-55-36-50(46-22-10-11-25-49(46)58(51)55)40-28-30-44(31-29-40)59-61-53(42-20-8-3-9-21-42)38-54(62-59)43-32-34-45(35-33-43)63-56-26-14-12-23-47(56)48-24-13-15-27-57(48)63/h1-38H. The number of nitrogens with zero attached hydrogens (tertiary/aromatic N) is 4. The highest BCUT2D eigenvalue weighted by molar-refractivity contribution is 6.18. The summed E-state index contributed by atoms with van der Waals surface area (Å²) in [5, 5.41) is 6.00. The summed E-state index contributed by atoms with van der Waals surface area (Å²) in [7, 11) is 0. The maximum atomic E-state index is 5.34. The van der Waals surface area contributed by atoms with Crippen molar-refractivity contribution >= 4 is 43.5 Å². The molecule has 294 valence electrons. The molecule has 0 amide bonds. The molecule has 9 aromatic carbocycles. The predicted octanol–water partition coefficient (Wildman–Crippen LogP) is 15.3. The normalized spacial score (nSPS) is 11.5. The van der Waals surface area contributed by atoms with Gasteiger partial charge < -0.3 is 4.57 Å². The summed E-state index contributed by atoms with van der Waals surface area (Å²) in [5.74, 6) is 0.675. The third-order valence-corrected chi connectivity index (χ3v) is 12.2. The molecule has 3 aromatic heterocycles. The molecule has 0 saturated heterocycles. The number of fused-ring (bicyclic) bond motifs is 6. The quantitative estimate of drug-likeness (QED) is 0.151. The van der Waals surface area contributed by atoms with Crippen LogP contribution >= 0.6 is 0 Å². The molecule has 0 aliphatic rings. The van der Waals surface area contributed by atoms with Crippen molar-refractivity contribution in [3.63, 3.8) is 0 Å². The van der Waals surface area contributed by atoms with Gasteiger partial charge in [0.05, 0.1) is 33.6 Å². The van der Waals surface area contributed by atoms with Gasteiger partial charge >= 0.3 is 0 Å². The van der Waals surface area contributed by atoms with E-state index in [2.05, 4.69) is 223 Å². The SMILES string of the molecule is c1ccc(-c2cc(-c3ccc(-n4c5ccccc5c5ccccc54)cc3)nc(-c3ccc(-c4cc5nc(-c6ccccc6)cc(-c6ccccc6)c5c5ccccc45)cc3)n2)cc1. The number of hydrogen-bond acceptors (Lipinski definition) is 3. The van der Waals surface area contributed by atoms with E-state index in [4.69, 9.17) is 15.0 Å². The minimum atomic E-state index is 0.675. The van der Waals surface area contributed by atoms with E-state index in [0.29, 0.717) is 5.82 Å². The van der Waals surface area contributed by atoms with Crippen LogP contribution < -0.4 is 0 Å². The molecule has 0 saturated carbocycles. The molecule has 63 heavy (non-hydrogen) atoms. The molecule has 4 heteroatoms. The van der Waals surface area contributed by atoms with Crippen LogP contribution in [0.25, 0.3) is 117 Å². The summed E-state index contributed by atoms with van der Waals surface area (Å²) in [4.78, 5) is 15.7. The van der Waals surface area contributed by atoms with Gasteiger partial charge in [-0.15, -0.1) is 0 Å². The van der Waals surface area contributed by atoms with Crippen LogP contribution in [0.3, 0.4) is 0 Å². The van der Waals surface area contributed by atoms with Crippen molar-refractivity contribution in [2.45, 2.75) is 0 Å². The van der Waals surface area contributed by atoms with Gasteiger partial charge in [-0.1, -0.05) is 188 Å². The maximum absolute atomic E-state index is 5.34. The monoisotopic (exact) mass is 802 g/mol. The van der Waals surface area contributed by atoms with E-state index < -0.39 is 0 Å². The number of rotatable bonds is 7. The average Bonchev–Trinajstić information content (AvgIpc) is 3.71. The molecule has 0 unspecified atom stereocenters. The van der Waals surface area contributed by atoms with Crippen molar-refractivity contribution in [3.8, 4) is 73.1 Å². The zero-order valence-corrected chi connectivity index (χ0v) is 34.2. The summed E-state index contributed by atoms with van der Waals surface area (Å²) in [6.45, 7) is 0. The fourth-order valence-electron chi connectivity index (χ4n) is 9.21. The molecule has 0 aliphatic heterocycles. The van der Waals surface area contributed by atoms with Crippen molar-refractivity contribution in [2.75, 3.05) is 0 Å². The molecule has 0 atom stereocenters. The van der Waals surface area contributed by atoms with E-state index in [1.54, 1.807) is 0 Å². The Morgan fingerprint density at radius 1 is 0.286 bits per heavy atom. The lowest BCUT2D eigenvalue weighted by Gasteiger charge is -2.16. The Hall–Kier alpha value is -8.47. The van der Waals surface area contributed by atoms with Crippen LogP contribution in [0.1, 0.15) is 0 Å². The summed E-state index contributed by atoms with van der Waals surface area (Å²) < 4.78 is 2.34. The third kappa shape index (κ3) is 6.44. The van der Waals surface area contributed by atoms with Gasteiger partial charge in [0.2, 0.25) is 0 Å². The lowest BCUT2D eigenvalue weighted by Crippen LogP contribution is -1.97. The van der Waals surface area contributed by atoms with Crippen molar-refractivity contribution in [1.82, 2.24) is 19.5 Å². The number of benzene rings is 9. The van der Waals surface area contributed by atoms with Crippen molar-refractivity contribution in [2.24, 2.45) is 0 Å². The first-order valence-corrected chi connectivity index (χ1v) is 21.4. The second-order valence-corrected chi connectivity index (χ2v) is 16.0. The van der Waals surface area contributed by atoms with Crippen LogP contribution in [0.15, 0.2) is 231 Å². The summed E-state index contributed by atoms with van der Waals surface area (Å²) in [5.41, 5.74) is 15.8. The first kappa shape index (κ1) is 36.4. The Balaban J connectivity index is 0.964. The van der Waals surface area contributed by atoms with E-state index in [1.807, 2.05) is 12.1 Å². The van der Waals surface area contributed by atoms with Gasteiger partial charge in [-0.25, -0.2) is 15.0 Å². The van der Waals surface area contributed by atoms with Gasteiger partial charge in [-0.2, -0.15) is 0 Å². The fourth-order valence-corrected chi connectivity index (χ4v) is 9.21. The van der Waals surface area contributed by atoms with Gasteiger partial charge in [-0.05, 0) is 75.5 Å². The topological polar surface area (TPSA) is 43.6 Å². The number of pyridine rings is 1. The van der Waals surface area contributed by atoms with Crippen LogP contribution in [0.2, 0.25) is 0 Å². The van der Waals surface area contributed by atoms with E-state index in [1.165, 1.54) is 43.7 Å². The Morgan fingerprint density at radius 2 is 0.714 bits per heavy atom. The Kier molecular flexibility index (Phi) is 8.79. The average molecular weight is 803 g/mol. The number of hydrogen-bond donors (Lipinski definition) is 0. The van der Waals surface area contributed by atoms with Crippen LogP contribution in [0.5, 0.6) is 0 Å². The number of aromatic nitrogens is 4. The molecule has 0 bridgehead atoms. The summed E-state index contributed by atoms with van der Waals surface area (Å²) in [6.07, 6.45) is 0. The van der Waals surface area contributed by atoms with Gasteiger partial charge in [0.1, 0.15) is 0 Å². The lowest BCUT2D eigenvalue weighted by atomic mass is 9.90. The van der Waals surface area contributed by atoms with Gasteiger partial charge in [0, 0.05) is 44.1 Å². The second-order valence-electron chi connectivity index (χ2n) is 16.0. The van der Waals surface area contributed by atoms with Crippen molar-refractivity contribution in [1.29, 1.82) is 0 Å². The molecular weight excluding hydrogens is 765 g/mol. The zero-order valence-electron chi connectivity index (χ0n) is 34.2. The van der Waals surface area contributed by atoms with E-state index in [9.17, 15) is 0 Å². The van der Waals surface area contributed by atoms with Gasteiger partial charge in [0.25, 0.3) is 0 Å². The molecular formula is C59H38N4. The molecule has 12 aromatic rings. The van der Waals surface area contributed by atoms with E-state index in [0.717, 1.165) is 67.1 Å². The lowest BCUT2D eigenvalue weighted by molar-refractivity contribution is 1.17. The first-order valence-electron chi connectivity index (χ1n) is 21.4. The Morgan fingerprint density at radius 3 is 1.30 bits per heavy atom.